The smallest absolute Gasteiger partial charge is 0.306 e. The van der Waals surface area contributed by atoms with Crippen LogP contribution in [-0.4, -0.2) is 48.3 Å². The van der Waals surface area contributed by atoms with E-state index in [4.69, 9.17) is 18.9 Å². The lowest BCUT2D eigenvalue weighted by molar-refractivity contribution is -0.142. The van der Waals surface area contributed by atoms with Crippen LogP contribution in [0.2, 0.25) is 0 Å². The Balaban J connectivity index is 0.0000000988. The quantitative estimate of drug-likeness (QED) is 0.280. The van der Waals surface area contributed by atoms with E-state index in [0.29, 0.717) is 61.6 Å². The molecule has 8 nitrogen and oxygen atoms in total. The van der Waals surface area contributed by atoms with E-state index in [2.05, 4.69) is 12.2 Å². The lowest BCUT2D eigenvalue weighted by Gasteiger charge is -2.03. The van der Waals surface area contributed by atoms with Gasteiger partial charge in [-0.15, -0.1) is 0 Å². The highest BCUT2D eigenvalue weighted by Crippen LogP contribution is 2.37. The molecule has 8 aliphatic rings. The van der Waals surface area contributed by atoms with Crippen LogP contribution >= 0.6 is 0 Å². The minimum Gasteiger partial charge on any atom is -0.462 e. The Hall–Kier alpha value is -2.64. The topological polar surface area (TPSA) is 105 Å². The van der Waals surface area contributed by atoms with Gasteiger partial charge in [0.1, 0.15) is 24.4 Å². The van der Waals surface area contributed by atoms with Gasteiger partial charge in [-0.05, 0) is 63.5 Å². The summed E-state index contributed by atoms with van der Waals surface area (Å²) in [7, 11) is 0. The van der Waals surface area contributed by atoms with Crippen LogP contribution in [0.1, 0.15) is 77.0 Å². The SMILES string of the molecule is O=C1CC2CC=CC2O1.O=C1CC2CCCC2O1.O=C1C[C@H]2CC=C[C@H]2O1.O=C1C[C@H]2CCC[C@H]2O1. The van der Waals surface area contributed by atoms with E-state index >= 15 is 0 Å². The average Bonchev–Trinajstić information content (AvgIpc) is 3.60. The van der Waals surface area contributed by atoms with Gasteiger partial charge in [0, 0.05) is 23.7 Å². The number of hydrogen-bond acceptors (Lipinski definition) is 8. The summed E-state index contributed by atoms with van der Waals surface area (Å²) in [5.41, 5.74) is 0. The maximum atomic E-state index is 10.6. The molecule has 0 spiro atoms. The van der Waals surface area contributed by atoms with Crippen LogP contribution in [0.5, 0.6) is 0 Å². The summed E-state index contributed by atoms with van der Waals surface area (Å²) in [6.07, 6.45) is 20.8. The Bertz CT molecular complexity index is 821. The van der Waals surface area contributed by atoms with Gasteiger partial charge in [0.25, 0.3) is 0 Å². The lowest BCUT2D eigenvalue weighted by Crippen LogP contribution is -2.06. The van der Waals surface area contributed by atoms with Gasteiger partial charge in [-0.1, -0.05) is 12.2 Å². The first-order valence-corrected chi connectivity index (χ1v) is 13.6. The molecular formula is C28H36O8. The molecule has 4 aliphatic heterocycles. The Kier molecular flexibility index (Phi) is 7.77. The van der Waals surface area contributed by atoms with Crippen LogP contribution in [0.4, 0.5) is 0 Å². The highest BCUT2D eigenvalue weighted by molar-refractivity contribution is 5.73. The molecule has 36 heavy (non-hydrogen) atoms. The minimum absolute atomic E-state index is 0.0182. The van der Waals surface area contributed by atoms with Crippen LogP contribution in [0.25, 0.3) is 0 Å². The molecule has 196 valence electrons. The van der Waals surface area contributed by atoms with Crippen molar-refractivity contribution >= 4 is 23.9 Å². The number of carbonyl (C=O) groups is 4. The van der Waals surface area contributed by atoms with Crippen molar-refractivity contribution < 1.29 is 38.1 Å². The van der Waals surface area contributed by atoms with Gasteiger partial charge >= 0.3 is 23.9 Å². The number of allylic oxidation sites excluding steroid dienone is 2. The second-order valence-electron chi connectivity index (χ2n) is 11.0. The number of esters is 4. The first-order chi connectivity index (χ1) is 17.4. The normalized spacial score (nSPS) is 39.8. The fourth-order valence-corrected chi connectivity index (χ4v) is 6.50. The highest BCUT2D eigenvalue weighted by atomic mass is 16.6. The third kappa shape index (κ3) is 6.01. The largest absolute Gasteiger partial charge is 0.462 e. The molecule has 0 amide bonds. The fraction of sp³-hybridized carbons (Fsp3) is 0.714. The van der Waals surface area contributed by atoms with Crippen molar-refractivity contribution in [2.45, 2.75) is 101 Å². The van der Waals surface area contributed by atoms with Crippen LogP contribution in [-0.2, 0) is 38.1 Å². The molecule has 4 unspecified atom stereocenters. The van der Waals surface area contributed by atoms with E-state index in [1.807, 2.05) is 12.2 Å². The molecule has 0 radical (unpaired) electrons. The van der Waals surface area contributed by atoms with Gasteiger partial charge in [0.15, 0.2) is 0 Å². The van der Waals surface area contributed by atoms with Gasteiger partial charge in [0.2, 0.25) is 0 Å². The molecule has 0 N–H and O–H groups in total. The summed E-state index contributed by atoms with van der Waals surface area (Å²) >= 11 is 0. The summed E-state index contributed by atoms with van der Waals surface area (Å²) < 4.78 is 20.0. The minimum atomic E-state index is -0.0330. The first kappa shape index (κ1) is 25.0. The average molecular weight is 501 g/mol. The summed E-state index contributed by atoms with van der Waals surface area (Å²) in [5.74, 6) is 2.07. The maximum absolute atomic E-state index is 10.6. The molecule has 0 aromatic rings. The lowest BCUT2D eigenvalue weighted by atomic mass is 10.0. The van der Waals surface area contributed by atoms with E-state index in [9.17, 15) is 19.2 Å². The van der Waals surface area contributed by atoms with Crippen molar-refractivity contribution in [3.63, 3.8) is 0 Å². The molecule has 4 aliphatic carbocycles. The van der Waals surface area contributed by atoms with Crippen LogP contribution in [0.3, 0.4) is 0 Å². The number of ether oxygens (including phenoxy) is 4. The van der Waals surface area contributed by atoms with E-state index in [1.54, 1.807) is 0 Å². The Morgan fingerprint density at radius 3 is 1.28 bits per heavy atom. The summed E-state index contributed by atoms with van der Waals surface area (Å²) in [6, 6.07) is 0. The van der Waals surface area contributed by atoms with E-state index < -0.39 is 0 Å². The monoisotopic (exact) mass is 500 g/mol. The van der Waals surface area contributed by atoms with Crippen molar-refractivity contribution in [3.8, 4) is 0 Å². The highest BCUT2D eigenvalue weighted by Gasteiger charge is 2.39. The zero-order chi connectivity index (χ0) is 25.1. The molecule has 2 saturated carbocycles. The third-order valence-electron chi connectivity index (χ3n) is 8.45. The Morgan fingerprint density at radius 2 is 0.889 bits per heavy atom. The molecule has 0 bridgehead atoms. The molecule has 8 atom stereocenters. The number of carbonyl (C=O) groups excluding carboxylic acids is 4. The summed E-state index contributed by atoms with van der Waals surface area (Å²) in [4.78, 5) is 42.5. The molecule has 8 heteroatoms. The molecule has 0 aromatic heterocycles. The van der Waals surface area contributed by atoms with E-state index in [0.717, 1.165) is 25.7 Å². The third-order valence-corrected chi connectivity index (χ3v) is 8.45. The number of rotatable bonds is 0. The Morgan fingerprint density at radius 1 is 0.500 bits per heavy atom. The fourth-order valence-electron chi connectivity index (χ4n) is 6.50. The number of hydrogen-bond donors (Lipinski definition) is 0. The van der Waals surface area contributed by atoms with Gasteiger partial charge in [0.05, 0.1) is 25.7 Å². The predicted octanol–water partition coefficient (Wildman–Crippen LogP) is 3.96. The van der Waals surface area contributed by atoms with Gasteiger partial charge in [-0.2, -0.15) is 0 Å². The van der Waals surface area contributed by atoms with Crippen LogP contribution in [0.15, 0.2) is 24.3 Å². The molecule has 8 rings (SSSR count). The van der Waals surface area contributed by atoms with Crippen LogP contribution in [0, 0.1) is 23.7 Å². The predicted molar refractivity (Wildman–Crippen MR) is 127 cm³/mol. The first-order valence-electron chi connectivity index (χ1n) is 13.6. The summed E-state index contributed by atoms with van der Waals surface area (Å²) in [6.45, 7) is 0. The molecule has 4 heterocycles. The van der Waals surface area contributed by atoms with E-state index in [1.165, 1.54) is 25.7 Å². The van der Waals surface area contributed by atoms with Crippen molar-refractivity contribution in [2.24, 2.45) is 23.7 Å². The standard InChI is InChI=1S/2C7H10O2.2C7H8O2/c4*8-7-4-5-2-1-3-6(5)9-7/h2*5-6H,1-4H2;2*1,3,5-6H,2,4H2/t5-,6-;;5-,6-;/m1.1./s1. The van der Waals surface area contributed by atoms with Crippen molar-refractivity contribution in [1.82, 2.24) is 0 Å². The van der Waals surface area contributed by atoms with E-state index in [-0.39, 0.29) is 36.1 Å². The molecule has 0 aromatic carbocycles. The second kappa shape index (κ2) is 11.2. The van der Waals surface area contributed by atoms with Crippen LogP contribution < -0.4 is 0 Å². The zero-order valence-electron chi connectivity index (χ0n) is 20.7. The van der Waals surface area contributed by atoms with Gasteiger partial charge in [-0.25, -0.2) is 0 Å². The molecule has 6 fully saturated rings. The maximum Gasteiger partial charge on any atom is 0.306 e. The van der Waals surface area contributed by atoms with Gasteiger partial charge < -0.3 is 18.9 Å². The second-order valence-corrected chi connectivity index (χ2v) is 11.0. The molecular weight excluding hydrogens is 464 g/mol. The van der Waals surface area contributed by atoms with Gasteiger partial charge in [-0.3, -0.25) is 19.2 Å². The number of fused-ring (bicyclic) bond motifs is 4. The Labute approximate surface area is 211 Å². The van der Waals surface area contributed by atoms with Crippen molar-refractivity contribution in [2.75, 3.05) is 0 Å². The van der Waals surface area contributed by atoms with Crippen molar-refractivity contribution in [3.05, 3.63) is 24.3 Å². The van der Waals surface area contributed by atoms with Crippen molar-refractivity contribution in [1.29, 1.82) is 0 Å². The molecule has 4 saturated heterocycles. The summed E-state index contributed by atoms with van der Waals surface area (Å²) in [5, 5.41) is 0. The zero-order valence-corrected chi connectivity index (χ0v) is 20.7.